The topological polar surface area (TPSA) is 28.5 Å². The zero-order valence-electron chi connectivity index (χ0n) is 19.0. The second-order valence-electron chi connectivity index (χ2n) is 9.74. The van der Waals surface area contributed by atoms with Gasteiger partial charge in [0.25, 0.3) is 5.91 Å². The van der Waals surface area contributed by atoms with Crippen molar-refractivity contribution in [3.8, 4) is 0 Å². The van der Waals surface area contributed by atoms with Crippen molar-refractivity contribution >= 4 is 16.8 Å². The molecule has 4 heteroatoms. The smallest absolute Gasteiger partial charge is 0.253 e. The zero-order valence-corrected chi connectivity index (χ0v) is 19.0. The van der Waals surface area contributed by atoms with Crippen LogP contribution in [0.25, 0.3) is 10.9 Å². The number of amides is 1. The summed E-state index contributed by atoms with van der Waals surface area (Å²) in [5.41, 5.74) is 4.94. The summed E-state index contributed by atoms with van der Waals surface area (Å²) in [4.78, 5) is 17.8. The molecular formula is C26H37N3O. The third-order valence-corrected chi connectivity index (χ3v) is 6.99. The Labute approximate surface area is 181 Å². The van der Waals surface area contributed by atoms with Gasteiger partial charge in [0.1, 0.15) is 0 Å². The van der Waals surface area contributed by atoms with Gasteiger partial charge in [-0.1, -0.05) is 26.8 Å². The van der Waals surface area contributed by atoms with Crippen LogP contribution in [-0.2, 0) is 19.5 Å². The van der Waals surface area contributed by atoms with E-state index in [0.29, 0.717) is 0 Å². The molecule has 1 amide bonds. The van der Waals surface area contributed by atoms with Crippen LogP contribution in [0.15, 0.2) is 30.9 Å². The van der Waals surface area contributed by atoms with E-state index in [1.54, 1.807) is 0 Å². The Kier molecular flexibility index (Phi) is 6.33. The molecule has 30 heavy (non-hydrogen) atoms. The Morgan fingerprint density at radius 3 is 2.70 bits per heavy atom. The lowest BCUT2D eigenvalue weighted by Crippen LogP contribution is -2.37. The van der Waals surface area contributed by atoms with Gasteiger partial charge in [0, 0.05) is 61.3 Å². The second-order valence-corrected chi connectivity index (χ2v) is 9.74. The summed E-state index contributed by atoms with van der Waals surface area (Å²) in [6, 6.07) is 6.36. The van der Waals surface area contributed by atoms with Crippen molar-refractivity contribution in [3.05, 3.63) is 47.7 Å². The number of piperidine rings is 1. The van der Waals surface area contributed by atoms with E-state index in [-0.39, 0.29) is 5.91 Å². The number of likely N-dealkylation sites (tertiary alicyclic amines) is 1. The Hall–Kier alpha value is -2.07. The number of aromatic nitrogens is 1. The van der Waals surface area contributed by atoms with Gasteiger partial charge in [-0.3, -0.25) is 9.69 Å². The van der Waals surface area contributed by atoms with Gasteiger partial charge in [0.15, 0.2) is 0 Å². The average molecular weight is 408 g/mol. The van der Waals surface area contributed by atoms with Gasteiger partial charge in [-0.25, -0.2) is 0 Å². The molecule has 3 heterocycles. The normalized spacial score (nSPS) is 18.2. The molecule has 0 unspecified atom stereocenters. The molecule has 4 nitrogen and oxygen atoms in total. The highest BCUT2D eigenvalue weighted by atomic mass is 16.2. The largest absolute Gasteiger partial charge is 0.340 e. The number of hydrogen-bond donors (Lipinski definition) is 0. The van der Waals surface area contributed by atoms with E-state index in [2.05, 4.69) is 48.9 Å². The summed E-state index contributed by atoms with van der Waals surface area (Å²) in [7, 11) is 0. The molecular weight excluding hydrogens is 370 g/mol. The van der Waals surface area contributed by atoms with Crippen LogP contribution in [0.3, 0.4) is 0 Å². The van der Waals surface area contributed by atoms with Gasteiger partial charge in [-0.15, -0.1) is 6.58 Å². The molecule has 0 spiro atoms. The third kappa shape index (κ3) is 4.20. The van der Waals surface area contributed by atoms with Gasteiger partial charge in [-0.2, -0.15) is 0 Å². The predicted octanol–water partition coefficient (Wildman–Crippen LogP) is 5.10. The van der Waals surface area contributed by atoms with Crippen LogP contribution in [0.1, 0.15) is 61.6 Å². The highest BCUT2D eigenvalue weighted by Crippen LogP contribution is 2.32. The number of hydrogen-bond acceptors (Lipinski definition) is 2. The Balaban J connectivity index is 1.66. The molecule has 2 aliphatic rings. The molecule has 2 aromatic rings. The molecule has 4 rings (SSSR count). The van der Waals surface area contributed by atoms with E-state index < -0.39 is 0 Å². The van der Waals surface area contributed by atoms with Crippen molar-refractivity contribution in [3.63, 3.8) is 0 Å². The molecule has 0 saturated carbocycles. The second kappa shape index (κ2) is 8.97. The van der Waals surface area contributed by atoms with Gasteiger partial charge >= 0.3 is 0 Å². The number of benzene rings is 1. The summed E-state index contributed by atoms with van der Waals surface area (Å²) in [6.07, 6.45) is 6.52. The van der Waals surface area contributed by atoms with E-state index in [9.17, 15) is 4.79 Å². The van der Waals surface area contributed by atoms with E-state index in [1.165, 1.54) is 28.6 Å². The quantitative estimate of drug-likeness (QED) is 0.623. The molecule has 162 valence electrons. The first-order valence-electron chi connectivity index (χ1n) is 11.7. The van der Waals surface area contributed by atoms with Crippen molar-refractivity contribution < 1.29 is 4.79 Å². The Morgan fingerprint density at radius 2 is 2.00 bits per heavy atom. The first kappa shape index (κ1) is 21.2. The maximum absolute atomic E-state index is 13.2. The lowest BCUT2D eigenvalue weighted by atomic mass is 9.98. The summed E-state index contributed by atoms with van der Waals surface area (Å²) in [6.45, 7) is 16.7. The van der Waals surface area contributed by atoms with Gasteiger partial charge in [0.2, 0.25) is 0 Å². The lowest BCUT2D eigenvalue weighted by Gasteiger charge is -2.30. The molecule has 1 saturated heterocycles. The number of carbonyl (C=O) groups excluding carboxylic acids is 1. The molecule has 0 atom stereocenters. The first-order valence-corrected chi connectivity index (χ1v) is 11.7. The monoisotopic (exact) mass is 407 g/mol. The van der Waals surface area contributed by atoms with Crippen LogP contribution in [0, 0.1) is 11.8 Å². The minimum absolute atomic E-state index is 0.196. The highest BCUT2D eigenvalue weighted by molar-refractivity contribution is 5.99. The molecule has 1 aromatic heterocycles. The van der Waals surface area contributed by atoms with Crippen LogP contribution in [-0.4, -0.2) is 46.5 Å². The number of fused-ring (bicyclic) bond motifs is 3. The molecule has 0 aliphatic carbocycles. The summed E-state index contributed by atoms with van der Waals surface area (Å²) < 4.78 is 2.41. The van der Waals surface area contributed by atoms with Gasteiger partial charge in [-0.05, 0) is 61.4 Å². The van der Waals surface area contributed by atoms with Crippen LogP contribution in [0.2, 0.25) is 0 Å². The van der Waals surface area contributed by atoms with Crippen LogP contribution in [0.4, 0.5) is 0 Å². The minimum Gasteiger partial charge on any atom is -0.340 e. The summed E-state index contributed by atoms with van der Waals surface area (Å²) >= 11 is 0. The van der Waals surface area contributed by atoms with Gasteiger partial charge < -0.3 is 9.47 Å². The van der Waals surface area contributed by atoms with E-state index >= 15 is 0 Å². The summed E-state index contributed by atoms with van der Waals surface area (Å²) in [5.74, 6) is 1.65. The van der Waals surface area contributed by atoms with Crippen molar-refractivity contribution in [1.82, 2.24) is 14.4 Å². The summed E-state index contributed by atoms with van der Waals surface area (Å²) in [5, 5.41) is 1.26. The number of allylic oxidation sites excluding steroid dienone is 1. The van der Waals surface area contributed by atoms with Crippen LogP contribution in [0.5, 0.6) is 0 Å². The van der Waals surface area contributed by atoms with Crippen molar-refractivity contribution in [1.29, 1.82) is 0 Å². The first-order chi connectivity index (χ1) is 14.5. The molecule has 0 bridgehead atoms. The fourth-order valence-electron chi connectivity index (χ4n) is 5.00. The molecule has 0 radical (unpaired) electrons. The molecule has 2 aliphatic heterocycles. The van der Waals surface area contributed by atoms with Crippen molar-refractivity contribution in [2.24, 2.45) is 11.8 Å². The van der Waals surface area contributed by atoms with Crippen LogP contribution >= 0.6 is 0 Å². The highest BCUT2D eigenvalue weighted by Gasteiger charge is 2.26. The zero-order chi connectivity index (χ0) is 21.3. The molecule has 1 aromatic carbocycles. The molecule has 1 fully saturated rings. The van der Waals surface area contributed by atoms with Crippen molar-refractivity contribution in [2.45, 2.75) is 59.5 Å². The standard InChI is InChI=1S/C26H37N3O/c1-5-12-29-24-7-6-21(26(30)28-15-9-20(4)10-16-28)17-22(24)23-18-27(13-8-19(2)3)14-11-25(23)29/h5-7,17,19-20H,1,8-16,18H2,2-4H3. The lowest BCUT2D eigenvalue weighted by molar-refractivity contribution is 0.0697. The fourth-order valence-corrected chi connectivity index (χ4v) is 5.00. The van der Waals surface area contributed by atoms with E-state index in [4.69, 9.17) is 0 Å². The number of carbonyl (C=O) groups is 1. The molecule has 0 N–H and O–H groups in total. The minimum atomic E-state index is 0.196. The number of rotatable bonds is 6. The van der Waals surface area contributed by atoms with E-state index in [0.717, 1.165) is 75.9 Å². The number of nitrogens with zero attached hydrogens (tertiary/aromatic N) is 3. The third-order valence-electron chi connectivity index (χ3n) is 6.99. The van der Waals surface area contributed by atoms with Crippen molar-refractivity contribution in [2.75, 3.05) is 26.2 Å². The maximum atomic E-state index is 13.2. The van der Waals surface area contributed by atoms with Gasteiger partial charge in [0.05, 0.1) is 0 Å². The fraction of sp³-hybridized carbons (Fsp3) is 0.577. The predicted molar refractivity (Wildman–Crippen MR) is 125 cm³/mol. The van der Waals surface area contributed by atoms with E-state index in [1.807, 2.05) is 17.0 Å². The Morgan fingerprint density at radius 1 is 1.23 bits per heavy atom. The maximum Gasteiger partial charge on any atom is 0.253 e. The average Bonchev–Trinajstić information content (AvgIpc) is 3.05. The van der Waals surface area contributed by atoms with Crippen LogP contribution < -0.4 is 0 Å². The Bertz CT molecular complexity index is 918. The SMILES string of the molecule is C=CCn1c2c(c3cc(C(=O)N4CCC(C)CC4)ccc31)CN(CCC(C)C)CC2.